The van der Waals surface area contributed by atoms with E-state index in [0.717, 1.165) is 32.4 Å². The van der Waals surface area contributed by atoms with Crippen molar-refractivity contribution in [3.05, 3.63) is 23.0 Å². The lowest BCUT2D eigenvalue weighted by Crippen LogP contribution is -2.52. The van der Waals surface area contributed by atoms with E-state index in [0.29, 0.717) is 10.7 Å². The average molecular weight is 284 g/mol. The van der Waals surface area contributed by atoms with Crippen molar-refractivity contribution in [2.75, 3.05) is 6.54 Å². The Morgan fingerprint density at radius 2 is 2.32 bits per heavy atom. The summed E-state index contributed by atoms with van der Waals surface area (Å²) in [7, 11) is 0. The number of nitrogens with zero attached hydrogens (tertiary/aromatic N) is 2. The Balaban J connectivity index is 2.26. The second kappa shape index (κ2) is 5.97. The standard InChI is InChI=1S/C14H22ClN3O/c1-3-17-9-11(15)8-13(17)14(19)18-7-5-4-6-12(18)10(2)16/h8-10,12H,3-7,16H2,1-2H3. The zero-order valence-corrected chi connectivity index (χ0v) is 12.4. The average Bonchev–Trinajstić information content (AvgIpc) is 2.79. The van der Waals surface area contributed by atoms with Gasteiger partial charge in [0.05, 0.1) is 5.02 Å². The van der Waals surface area contributed by atoms with Crippen LogP contribution in [-0.4, -0.2) is 34.0 Å². The van der Waals surface area contributed by atoms with Crippen LogP contribution < -0.4 is 5.73 Å². The zero-order chi connectivity index (χ0) is 14.0. The molecule has 1 aromatic heterocycles. The van der Waals surface area contributed by atoms with Gasteiger partial charge in [-0.05, 0) is 39.2 Å². The Kier molecular flexibility index (Phi) is 4.53. The maximum atomic E-state index is 12.7. The predicted octanol–water partition coefficient (Wildman–Crippen LogP) is 2.50. The summed E-state index contributed by atoms with van der Waals surface area (Å²) in [6.45, 7) is 5.51. The molecule has 1 aliphatic rings. The first-order valence-corrected chi connectivity index (χ1v) is 7.34. The van der Waals surface area contributed by atoms with Gasteiger partial charge < -0.3 is 15.2 Å². The number of likely N-dealkylation sites (tertiary alicyclic amines) is 1. The Morgan fingerprint density at radius 3 is 2.95 bits per heavy atom. The predicted molar refractivity (Wildman–Crippen MR) is 77.4 cm³/mol. The summed E-state index contributed by atoms with van der Waals surface area (Å²) in [5.41, 5.74) is 6.69. The van der Waals surface area contributed by atoms with Gasteiger partial charge in [0.2, 0.25) is 0 Å². The minimum absolute atomic E-state index is 0.00441. The topological polar surface area (TPSA) is 51.3 Å². The third kappa shape index (κ3) is 2.95. The van der Waals surface area contributed by atoms with Crippen molar-refractivity contribution >= 4 is 17.5 Å². The number of aryl methyl sites for hydroxylation is 1. The van der Waals surface area contributed by atoms with Gasteiger partial charge in [-0.1, -0.05) is 11.6 Å². The fourth-order valence-corrected chi connectivity index (χ4v) is 3.04. The molecular formula is C14H22ClN3O. The number of carbonyl (C=O) groups excluding carboxylic acids is 1. The second-order valence-corrected chi connectivity index (χ2v) is 5.69. The number of nitrogens with two attached hydrogens (primary N) is 1. The summed E-state index contributed by atoms with van der Waals surface area (Å²) < 4.78 is 1.90. The molecule has 5 heteroatoms. The minimum Gasteiger partial charge on any atom is -0.342 e. The van der Waals surface area contributed by atoms with Crippen molar-refractivity contribution in [2.24, 2.45) is 5.73 Å². The van der Waals surface area contributed by atoms with E-state index in [-0.39, 0.29) is 18.0 Å². The molecule has 1 saturated heterocycles. The molecule has 1 fully saturated rings. The van der Waals surface area contributed by atoms with Gasteiger partial charge in [0.25, 0.3) is 5.91 Å². The number of piperidine rings is 1. The molecule has 0 saturated carbocycles. The third-order valence-electron chi connectivity index (χ3n) is 3.84. The van der Waals surface area contributed by atoms with Gasteiger partial charge in [-0.25, -0.2) is 0 Å². The van der Waals surface area contributed by atoms with Crippen LogP contribution in [0.25, 0.3) is 0 Å². The molecule has 106 valence electrons. The van der Waals surface area contributed by atoms with Crippen molar-refractivity contribution in [3.8, 4) is 0 Å². The molecule has 2 rings (SSSR count). The van der Waals surface area contributed by atoms with E-state index >= 15 is 0 Å². The van der Waals surface area contributed by atoms with E-state index in [1.165, 1.54) is 0 Å². The van der Waals surface area contributed by atoms with Crippen molar-refractivity contribution < 1.29 is 4.79 Å². The van der Waals surface area contributed by atoms with Crippen molar-refractivity contribution in [1.29, 1.82) is 0 Å². The molecule has 0 bridgehead atoms. The van der Waals surface area contributed by atoms with E-state index < -0.39 is 0 Å². The number of halogens is 1. The van der Waals surface area contributed by atoms with Crippen LogP contribution in [0.4, 0.5) is 0 Å². The lowest BCUT2D eigenvalue weighted by molar-refractivity contribution is 0.0573. The monoisotopic (exact) mass is 283 g/mol. The van der Waals surface area contributed by atoms with Crippen LogP contribution in [0.1, 0.15) is 43.6 Å². The third-order valence-corrected chi connectivity index (χ3v) is 4.05. The number of hydrogen-bond acceptors (Lipinski definition) is 2. The number of aromatic nitrogens is 1. The number of amides is 1. The van der Waals surface area contributed by atoms with Crippen molar-refractivity contribution in [3.63, 3.8) is 0 Å². The van der Waals surface area contributed by atoms with Gasteiger partial charge in [-0.3, -0.25) is 4.79 Å². The summed E-state index contributed by atoms with van der Waals surface area (Å²) in [6, 6.07) is 1.89. The molecular weight excluding hydrogens is 262 g/mol. The van der Waals surface area contributed by atoms with E-state index in [9.17, 15) is 4.79 Å². The van der Waals surface area contributed by atoms with Crippen molar-refractivity contribution in [2.45, 2.75) is 51.7 Å². The maximum absolute atomic E-state index is 12.7. The lowest BCUT2D eigenvalue weighted by atomic mass is 9.96. The summed E-state index contributed by atoms with van der Waals surface area (Å²) in [6.07, 6.45) is 4.99. The summed E-state index contributed by atoms with van der Waals surface area (Å²) >= 11 is 6.01. The highest BCUT2D eigenvalue weighted by Crippen LogP contribution is 2.23. The van der Waals surface area contributed by atoms with Gasteiger partial charge in [0, 0.05) is 31.4 Å². The first kappa shape index (κ1) is 14.4. The molecule has 1 aliphatic heterocycles. The van der Waals surface area contributed by atoms with Gasteiger partial charge in [-0.2, -0.15) is 0 Å². The molecule has 1 amide bonds. The Labute approximate surface area is 119 Å². The normalized spacial score (nSPS) is 21.5. The quantitative estimate of drug-likeness (QED) is 0.927. The molecule has 0 aliphatic carbocycles. The smallest absolute Gasteiger partial charge is 0.270 e. The van der Waals surface area contributed by atoms with Crippen LogP contribution in [-0.2, 0) is 6.54 Å². The summed E-state index contributed by atoms with van der Waals surface area (Å²) in [5, 5.41) is 0.611. The summed E-state index contributed by atoms with van der Waals surface area (Å²) in [5.74, 6) is 0.0516. The second-order valence-electron chi connectivity index (χ2n) is 5.25. The zero-order valence-electron chi connectivity index (χ0n) is 11.6. The minimum atomic E-state index is 0.00441. The van der Waals surface area contributed by atoms with E-state index in [1.807, 2.05) is 23.3 Å². The summed E-state index contributed by atoms with van der Waals surface area (Å²) in [4.78, 5) is 14.6. The number of hydrogen-bond donors (Lipinski definition) is 1. The fourth-order valence-electron chi connectivity index (χ4n) is 2.82. The van der Waals surface area contributed by atoms with Gasteiger partial charge in [-0.15, -0.1) is 0 Å². The maximum Gasteiger partial charge on any atom is 0.270 e. The van der Waals surface area contributed by atoms with Crippen molar-refractivity contribution in [1.82, 2.24) is 9.47 Å². The van der Waals surface area contributed by atoms with Gasteiger partial charge in [0.15, 0.2) is 0 Å². The molecule has 4 nitrogen and oxygen atoms in total. The largest absolute Gasteiger partial charge is 0.342 e. The first-order valence-electron chi connectivity index (χ1n) is 6.96. The Morgan fingerprint density at radius 1 is 1.58 bits per heavy atom. The van der Waals surface area contributed by atoms with Crippen LogP contribution >= 0.6 is 11.6 Å². The highest BCUT2D eigenvalue weighted by molar-refractivity contribution is 6.31. The van der Waals surface area contributed by atoms with E-state index in [2.05, 4.69) is 0 Å². The molecule has 0 radical (unpaired) electrons. The molecule has 2 unspecified atom stereocenters. The molecule has 19 heavy (non-hydrogen) atoms. The Hall–Kier alpha value is -1.00. The molecule has 0 aromatic carbocycles. The Bertz CT molecular complexity index is 456. The van der Waals surface area contributed by atoms with Crippen LogP contribution in [0, 0.1) is 0 Å². The van der Waals surface area contributed by atoms with Crippen LogP contribution in [0.15, 0.2) is 12.3 Å². The number of rotatable bonds is 3. The van der Waals surface area contributed by atoms with Gasteiger partial charge in [0.1, 0.15) is 5.69 Å². The van der Waals surface area contributed by atoms with Gasteiger partial charge >= 0.3 is 0 Å². The molecule has 2 heterocycles. The van der Waals surface area contributed by atoms with Crippen LogP contribution in [0.3, 0.4) is 0 Å². The first-order chi connectivity index (χ1) is 9.04. The molecule has 2 atom stereocenters. The fraction of sp³-hybridized carbons (Fsp3) is 0.643. The SMILES string of the molecule is CCn1cc(Cl)cc1C(=O)N1CCCCC1C(C)N. The number of carbonyl (C=O) groups is 1. The van der Waals surface area contributed by atoms with Crippen LogP contribution in [0.2, 0.25) is 5.02 Å². The van der Waals surface area contributed by atoms with E-state index in [1.54, 1.807) is 12.3 Å². The van der Waals surface area contributed by atoms with E-state index in [4.69, 9.17) is 17.3 Å². The highest BCUT2D eigenvalue weighted by atomic mass is 35.5. The molecule has 0 spiro atoms. The highest BCUT2D eigenvalue weighted by Gasteiger charge is 2.31. The molecule has 1 aromatic rings. The lowest BCUT2D eigenvalue weighted by Gasteiger charge is -2.38. The van der Waals surface area contributed by atoms with Crippen LogP contribution in [0.5, 0.6) is 0 Å². The molecule has 2 N–H and O–H groups in total.